The molecule has 1 saturated carbocycles. The molecule has 20 heavy (non-hydrogen) atoms. The lowest BCUT2D eigenvalue weighted by Crippen LogP contribution is -2.52. The molecule has 1 saturated heterocycles. The van der Waals surface area contributed by atoms with Crippen LogP contribution in [0.25, 0.3) is 0 Å². The number of halogens is 1. The molecule has 1 heterocycles. The fourth-order valence-electron chi connectivity index (χ4n) is 3.61. The van der Waals surface area contributed by atoms with Gasteiger partial charge in [0.25, 0.3) is 0 Å². The van der Waals surface area contributed by atoms with Gasteiger partial charge in [-0.15, -0.1) is 0 Å². The molecule has 2 rings (SSSR count). The maximum absolute atomic E-state index is 12.2. The predicted octanol–water partition coefficient (Wildman–Crippen LogP) is 3.80. The summed E-state index contributed by atoms with van der Waals surface area (Å²) in [5.74, 6) is 0.913. The molecule has 0 aromatic rings. The van der Waals surface area contributed by atoms with Gasteiger partial charge in [-0.05, 0) is 44.4 Å². The Kier molecular flexibility index (Phi) is 6.34. The van der Waals surface area contributed by atoms with E-state index in [0.717, 1.165) is 37.6 Å². The molecule has 1 N–H and O–H groups in total. The molecule has 1 amide bonds. The highest BCUT2D eigenvalue weighted by Gasteiger charge is 2.35. The predicted molar refractivity (Wildman–Crippen MR) is 85.1 cm³/mol. The van der Waals surface area contributed by atoms with E-state index in [2.05, 4.69) is 28.2 Å². The fraction of sp³-hybridized carbons (Fsp3) is 0.938. The molecule has 1 aliphatic heterocycles. The Balaban J connectivity index is 1.76. The van der Waals surface area contributed by atoms with Crippen LogP contribution < -0.4 is 5.32 Å². The number of carbonyl (C=O) groups is 1. The van der Waals surface area contributed by atoms with Crippen molar-refractivity contribution in [3.8, 4) is 0 Å². The Labute approximate surface area is 131 Å². The number of hydrogen-bond acceptors (Lipinski definition) is 2. The van der Waals surface area contributed by atoms with Gasteiger partial charge in [-0.3, -0.25) is 4.79 Å². The highest BCUT2D eigenvalue weighted by molar-refractivity contribution is 9.09. The minimum Gasteiger partial charge on any atom is -0.378 e. The Morgan fingerprint density at radius 2 is 2.20 bits per heavy atom. The van der Waals surface area contributed by atoms with E-state index in [-0.39, 0.29) is 11.4 Å². The van der Waals surface area contributed by atoms with Crippen LogP contribution in [-0.4, -0.2) is 29.5 Å². The van der Waals surface area contributed by atoms with E-state index in [1.807, 2.05) is 0 Å². The van der Waals surface area contributed by atoms with Crippen LogP contribution in [-0.2, 0) is 9.53 Å². The lowest BCUT2D eigenvalue weighted by Gasteiger charge is -2.39. The first kappa shape index (κ1) is 16.3. The average Bonchev–Trinajstić information content (AvgIpc) is 2.46. The smallest absolute Gasteiger partial charge is 0.220 e. The molecule has 3 unspecified atom stereocenters. The highest BCUT2D eigenvalue weighted by atomic mass is 79.9. The molecule has 2 fully saturated rings. The van der Waals surface area contributed by atoms with E-state index in [1.165, 1.54) is 25.7 Å². The molecule has 0 aromatic heterocycles. The summed E-state index contributed by atoms with van der Waals surface area (Å²) in [6.07, 6.45) is 10.0. The van der Waals surface area contributed by atoms with Crippen LogP contribution in [0, 0.1) is 5.92 Å². The molecule has 2 aliphatic rings. The summed E-state index contributed by atoms with van der Waals surface area (Å²) >= 11 is 3.61. The van der Waals surface area contributed by atoms with Crippen LogP contribution in [0.4, 0.5) is 0 Å². The third-order valence-electron chi connectivity index (χ3n) is 4.72. The molecule has 0 radical (unpaired) electrons. The minimum atomic E-state index is -0.0117. The highest BCUT2D eigenvalue weighted by Crippen LogP contribution is 2.33. The van der Waals surface area contributed by atoms with Crippen molar-refractivity contribution >= 4 is 21.8 Å². The Hall–Kier alpha value is -0.0900. The lowest BCUT2D eigenvalue weighted by molar-refractivity contribution is -0.124. The summed E-state index contributed by atoms with van der Waals surface area (Å²) in [6, 6.07) is 0. The lowest BCUT2D eigenvalue weighted by atomic mass is 9.77. The molecule has 116 valence electrons. The van der Waals surface area contributed by atoms with Gasteiger partial charge in [-0.25, -0.2) is 0 Å². The summed E-state index contributed by atoms with van der Waals surface area (Å²) in [7, 11) is 0. The van der Waals surface area contributed by atoms with E-state index >= 15 is 0 Å². The second-order valence-corrected chi connectivity index (χ2v) is 7.25. The molecular formula is C16H28BrNO2. The molecule has 0 spiro atoms. The quantitative estimate of drug-likeness (QED) is 0.769. The Bertz CT molecular complexity index is 318. The van der Waals surface area contributed by atoms with Gasteiger partial charge < -0.3 is 10.1 Å². The monoisotopic (exact) mass is 345 g/mol. The van der Waals surface area contributed by atoms with Gasteiger partial charge in [-0.1, -0.05) is 35.7 Å². The summed E-state index contributed by atoms with van der Waals surface area (Å²) < 4.78 is 5.70. The summed E-state index contributed by atoms with van der Waals surface area (Å²) in [5.41, 5.74) is -0.0117. The summed E-state index contributed by atoms with van der Waals surface area (Å²) in [4.78, 5) is 12.2. The normalized spacial score (nSPS) is 34.7. The van der Waals surface area contributed by atoms with Crippen molar-refractivity contribution in [2.45, 2.75) is 76.4 Å². The first-order chi connectivity index (χ1) is 9.63. The summed E-state index contributed by atoms with van der Waals surface area (Å²) in [5, 5.41) is 4.18. The van der Waals surface area contributed by atoms with Crippen molar-refractivity contribution in [3.05, 3.63) is 0 Å². The average molecular weight is 346 g/mol. The van der Waals surface area contributed by atoms with Crippen molar-refractivity contribution in [2.75, 3.05) is 11.9 Å². The number of amides is 1. The van der Waals surface area contributed by atoms with Crippen molar-refractivity contribution in [1.29, 1.82) is 0 Å². The molecule has 0 aromatic carbocycles. The van der Waals surface area contributed by atoms with Gasteiger partial charge in [0, 0.05) is 23.9 Å². The maximum Gasteiger partial charge on any atom is 0.220 e. The molecule has 0 bridgehead atoms. The van der Waals surface area contributed by atoms with Crippen molar-refractivity contribution in [3.63, 3.8) is 0 Å². The maximum atomic E-state index is 12.2. The van der Waals surface area contributed by atoms with Crippen LogP contribution in [0.15, 0.2) is 0 Å². The van der Waals surface area contributed by atoms with Crippen molar-refractivity contribution < 1.29 is 9.53 Å². The molecule has 4 heteroatoms. The number of alkyl halides is 1. The summed E-state index contributed by atoms with van der Waals surface area (Å²) in [6.45, 7) is 3.16. The van der Waals surface area contributed by atoms with Gasteiger partial charge in [-0.2, -0.15) is 0 Å². The Morgan fingerprint density at radius 3 is 2.85 bits per heavy atom. The first-order valence-electron chi connectivity index (χ1n) is 8.12. The minimum absolute atomic E-state index is 0.0117. The van der Waals surface area contributed by atoms with Crippen molar-refractivity contribution in [2.24, 2.45) is 5.92 Å². The van der Waals surface area contributed by atoms with E-state index in [1.54, 1.807) is 0 Å². The second kappa shape index (κ2) is 7.79. The zero-order valence-corrected chi connectivity index (χ0v) is 14.2. The van der Waals surface area contributed by atoms with Crippen molar-refractivity contribution in [1.82, 2.24) is 5.32 Å². The van der Waals surface area contributed by atoms with Gasteiger partial charge in [0.2, 0.25) is 5.91 Å². The SMILES string of the molecule is CC1CCCC(CBr)(NC(=O)CCC2CCCCO2)C1. The number of rotatable bonds is 5. The molecular weight excluding hydrogens is 318 g/mol. The van der Waals surface area contributed by atoms with Crippen LogP contribution >= 0.6 is 15.9 Å². The number of hydrogen-bond donors (Lipinski definition) is 1. The molecule has 3 nitrogen and oxygen atoms in total. The van der Waals surface area contributed by atoms with Gasteiger partial charge in [0.05, 0.1) is 6.10 Å². The van der Waals surface area contributed by atoms with E-state index < -0.39 is 0 Å². The van der Waals surface area contributed by atoms with Gasteiger partial charge in [0.1, 0.15) is 0 Å². The van der Waals surface area contributed by atoms with Crippen LogP contribution in [0.2, 0.25) is 0 Å². The second-order valence-electron chi connectivity index (χ2n) is 6.69. The fourth-order valence-corrected chi connectivity index (χ4v) is 4.26. The third kappa shape index (κ3) is 4.73. The molecule has 1 aliphatic carbocycles. The topological polar surface area (TPSA) is 38.3 Å². The third-order valence-corrected chi connectivity index (χ3v) is 5.79. The van der Waals surface area contributed by atoms with Gasteiger partial charge >= 0.3 is 0 Å². The standard InChI is InChI=1S/C16H28BrNO2/c1-13-5-4-9-16(11-13,12-17)18-15(19)8-7-14-6-2-3-10-20-14/h13-14H,2-12H2,1H3,(H,18,19). The van der Waals surface area contributed by atoms with E-state index in [9.17, 15) is 4.79 Å². The first-order valence-corrected chi connectivity index (χ1v) is 9.24. The largest absolute Gasteiger partial charge is 0.378 e. The number of nitrogens with one attached hydrogen (secondary N) is 1. The van der Waals surface area contributed by atoms with Crippen LogP contribution in [0.5, 0.6) is 0 Å². The van der Waals surface area contributed by atoms with E-state index in [4.69, 9.17) is 4.74 Å². The Morgan fingerprint density at radius 1 is 1.35 bits per heavy atom. The molecule has 3 atom stereocenters. The van der Waals surface area contributed by atoms with Crippen LogP contribution in [0.1, 0.15) is 64.7 Å². The van der Waals surface area contributed by atoms with Crippen LogP contribution in [0.3, 0.4) is 0 Å². The number of carbonyl (C=O) groups excluding carboxylic acids is 1. The zero-order valence-electron chi connectivity index (χ0n) is 12.6. The zero-order chi connectivity index (χ0) is 14.4. The van der Waals surface area contributed by atoms with E-state index in [0.29, 0.717) is 18.4 Å². The van der Waals surface area contributed by atoms with Gasteiger partial charge in [0.15, 0.2) is 0 Å². The number of ether oxygens (including phenoxy) is 1.